The van der Waals surface area contributed by atoms with Crippen molar-refractivity contribution in [2.75, 3.05) is 5.75 Å². The van der Waals surface area contributed by atoms with Gasteiger partial charge in [0.1, 0.15) is 0 Å². The lowest BCUT2D eigenvalue weighted by Crippen LogP contribution is -1.99. The van der Waals surface area contributed by atoms with Gasteiger partial charge in [-0.1, -0.05) is 11.8 Å². The summed E-state index contributed by atoms with van der Waals surface area (Å²) in [7, 11) is 1.76. The highest BCUT2D eigenvalue weighted by Gasteiger charge is 2.09. The number of thioether (sulfide) groups is 1. The minimum Gasteiger partial charge on any atom is -0.325 e. The predicted octanol–water partition coefficient (Wildman–Crippen LogP) is 2.52. The topological polar surface area (TPSA) is 17.8 Å². The normalized spacial score (nSPS) is 11.2. The fourth-order valence-electron chi connectivity index (χ4n) is 0.822. The maximum absolute atomic E-state index is 11.9. The van der Waals surface area contributed by atoms with Crippen LogP contribution in [-0.4, -0.2) is 21.7 Å². The van der Waals surface area contributed by atoms with Crippen molar-refractivity contribution in [2.24, 2.45) is 7.05 Å². The van der Waals surface area contributed by atoms with E-state index >= 15 is 0 Å². The van der Waals surface area contributed by atoms with E-state index < -0.39 is 6.43 Å². The number of imidazole rings is 1. The molecule has 74 valence electrons. The molecule has 0 aliphatic carbocycles. The lowest BCUT2D eigenvalue weighted by molar-refractivity contribution is 0.176. The van der Waals surface area contributed by atoms with Crippen LogP contribution in [0.5, 0.6) is 0 Å². The van der Waals surface area contributed by atoms with Crippen LogP contribution < -0.4 is 0 Å². The Kier molecular flexibility index (Phi) is 3.99. The third kappa shape index (κ3) is 2.84. The molecule has 0 aromatic carbocycles. The Hall–Kier alpha value is -0.290. The van der Waals surface area contributed by atoms with Gasteiger partial charge in [0.25, 0.3) is 0 Å². The molecule has 13 heavy (non-hydrogen) atoms. The van der Waals surface area contributed by atoms with E-state index in [1.807, 2.05) is 0 Å². The monoisotopic (exact) mass is 226 g/mol. The van der Waals surface area contributed by atoms with Crippen molar-refractivity contribution in [1.29, 1.82) is 0 Å². The van der Waals surface area contributed by atoms with Crippen LogP contribution in [0, 0.1) is 0 Å². The van der Waals surface area contributed by atoms with Crippen LogP contribution in [0.25, 0.3) is 0 Å². The van der Waals surface area contributed by atoms with Crippen molar-refractivity contribution in [3.8, 4) is 0 Å². The second-order valence-electron chi connectivity index (χ2n) is 2.43. The molecular formula is C7H9ClF2N2S. The van der Waals surface area contributed by atoms with Gasteiger partial charge in [0, 0.05) is 7.05 Å². The molecule has 0 amide bonds. The van der Waals surface area contributed by atoms with E-state index in [0.717, 1.165) is 17.5 Å². The van der Waals surface area contributed by atoms with Crippen LogP contribution in [0.1, 0.15) is 5.69 Å². The molecule has 0 radical (unpaired) electrons. The quantitative estimate of drug-likeness (QED) is 0.580. The van der Waals surface area contributed by atoms with E-state index in [-0.39, 0.29) is 5.75 Å². The van der Waals surface area contributed by atoms with Gasteiger partial charge in [-0.05, 0) is 0 Å². The summed E-state index contributed by atoms with van der Waals surface area (Å²) in [5.74, 6) is 0.116. The number of hydrogen-bond donors (Lipinski definition) is 0. The summed E-state index contributed by atoms with van der Waals surface area (Å²) in [5.41, 5.74) is 0.832. The van der Waals surface area contributed by atoms with E-state index in [9.17, 15) is 8.78 Å². The maximum atomic E-state index is 11.9. The molecule has 0 N–H and O–H groups in total. The van der Waals surface area contributed by atoms with Crippen LogP contribution >= 0.6 is 23.4 Å². The van der Waals surface area contributed by atoms with Crippen LogP contribution in [0.3, 0.4) is 0 Å². The first-order chi connectivity index (χ1) is 6.15. The Morgan fingerprint density at radius 3 is 2.85 bits per heavy atom. The van der Waals surface area contributed by atoms with Gasteiger partial charge in [0.15, 0.2) is 5.16 Å². The van der Waals surface area contributed by atoms with E-state index in [1.54, 1.807) is 17.8 Å². The molecule has 6 heteroatoms. The second kappa shape index (κ2) is 4.81. The molecule has 0 aliphatic rings. The summed E-state index contributed by atoms with van der Waals surface area (Å²) in [6.45, 7) is 0. The molecule has 0 spiro atoms. The predicted molar refractivity (Wildman–Crippen MR) is 49.5 cm³/mol. The Labute approximate surface area is 84.3 Å². The molecule has 0 saturated carbocycles. The fraction of sp³-hybridized carbons (Fsp3) is 0.571. The van der Waals surface area contributed by atoms with Crippen LogP contribution in [-0.2, 0) is 12.9 Å². The van der Waals surface area contributed by atoms with Gasteiger partial charge in [0.05, 0.1) is 23.5 Å². The Morgan fingerprint density at radius 2 is 2.38 bits per heavy atom. The number of nitrogens with zero attached hydrogens (tertiary/aromatic N) is 2. The third-order valence-corrected chi connectivity index (χ3v) is 2.85. The minimum atomic E-state index is -2.30. The molecule has 0 fully saturated rings. The smallest absolute Gasteiger partial charge is 0.248 e. The molecule has 0 atom stereocenters. The number of halogens is 3. The summed E-state index contributed by atoms with van der Waals surface area (Å²) in [6.07, 6.45) is -0.706. The van der Waals surface area contributed by atoms with Gasteiger partial charge in [-0.25, -0.2) is 13.8 Å². The van der Waals surface area contributed by atoms with Gasteiger partial charge in [0.2, 0.25) is 6.43 Å². The molecular weight excluding hydrogens is 218 g/mol. The van der Waals surface area contributed by atoms with E-state index in [4.69, 9.17) is 11.6 Å². The largest absolute Gasteiger partial charge is 0.325 e. The average Bonchev–Trinajstić information content (AvgIpc) is 2.43. The standard InChI is InChI=1S/C7H9ClF2N2S/c1-12-5(2-8)3-11-7(12)13-4-6(9)10/h3,6H,2,4H2,1H3. The molecule has 0 saturated heterocycles. The molecule has 1 aromatic rings. The summed E-state index contributed by atoms with van der Waals surface area (Å²) in [6, 6.07) is 0. The second-order valence-corrected chi connectivity index (χ2v) is 3.68. The summed E-state index contributed by atoms with van der Waals surface area (Å²) in [5, 5.41) is 0.580. The number of hydrogen-bond acceptors (Lipinski definition) is 2. The molecule has 1 rings (SSSR count). The maximum Gasteiger partial charge on any atom is 0.248 e. The molecule has 1 aromatic heterocycles. The van der Waals surface area contributed by atoms with Crippen molar-refractivity contribution in [3.63, 3.8) is 0 Å². The summed E-state index contributed by atoms with van der Waals surface area (Å²) in [4.78, 5) is 3.97. The van der Waals surface area contributed by atoms with Gasteiger partial charge in [-0.2, -0.15) is 0 Å². The number of aromatic nitrogens is 2. The molecule has 0 bridgehead atoms. The van der Waals surface area contributed by atoms with E-state index in [2.05, 4.69) is 4.98 Å². The highest BCUT2D eigenvalue weighted by Crippen LogP contribution is 2.19. The van der Waals surface area contributed by atoms with Crippen LogP contribution in [0.2, 0.25) is 0 Å². The van der Waals surface area contributed by atoms with Crippen molar-refractivity contribution >= 4 is 23.4 Å². The van der Waals surface area contributed by atoms with Gasteiger partial charge in [-0.15, -0.1) is 11.6 Å². The van der Waals surface area contributed by atoms with E-state index in [0.29, 0.717) is 11.0 Å². The average molecular weight is 227 g/mol. The Balaban J connectivity index is 2.62. The zero-order chi connectivity index (χ0) is 9.84. The molecule has 1 heterocycles. The first-order valence-corrected chi connectivity index (χ1v) is 5.14. The molecule has 0 unspecified atom stereocenters. The number of alkyl halides is 3. The van der Waals surface area contributed by atoms with Gasteiger partial charge >= 0.3 is 0 Å². The Morgan fingerprint density at radius 1 is 1.69 bits per heavy atom. The van der Waals surface area contributed by atoms with E-state index in [1.165, 1.54) is 0 Å². The zero-order valence-corrected chi connectivity index (χ0v) is 8.58. The Bertz CT molecular complexity index is 277. The lowest BCUT2D eigenvalue weighted by atomic mass is 10.5. The first-order valence-electron chi connectivity index (χ1n) is 3.62. The third-order valence-electron chi connectivity index (χ3n) is 1.52. The minimum absolute atomic E-state index is 0.230. The SMILES string of the molecule is Cn1c(CCl)cnc1SCC(F)F. The fourth-order valence-corrected chi connectivity index (χ4v) is 1.78. The highest BCUT2D eigenvalue weighted by atomic mass is 35.5. The first kappa shape index (κ1) is 10.8. The van der Waals surface area contributed by atoms with Gasteiger partial charge in [-0.3, -0.25) is 0 Å². The summed E-state index contributed by atoms with van der Waals surface area (Å²) < 4.78 is 25.4. The highest BCUT2D eigenvalue weighted by molar-refractivity contribution is 7.99. The van der Waals surface area contributed by atoms with Crippen LogP contribution in [0.15, 0.2) is 11.4 Å². The summed E-state index contributed by atoms with van der Waals surface area (Å²) >= 11 is 6.62. The van der Waals surface area contributed by atoms with Crippen molar-refractivity contribution in [2.45, 2.75) is 17.5 Å². The van der Waals surface area contributed by atoms with Crippen molar-refractivity contribution in [3.05, 3.63) is 11.9 Å². The lowest BCUT2D eigenvalue weighted by Gasteiger charge is -2.02. The van der Waals surface area contributed by atoms with Crippen molar-refractivity contribution < 1.29 is 8.78 Å². The molecule has 0 aliphatic heterocycles. The van der Waals surface area contributed by atoms with Crippen molar-refractivity contribution in [1.82, 2.24) is 9.55 Å². The van der Waals surface area contributed by atoms with Crippen LogP contribution in [0.4, 0.5) is 8.78 Å². The number of rotatable bonds is 4. The zero-order valence-electron chi connectivity index (χ0n) is 7.01. The molecule has 2 nitrogen and oxygen atoms in total. The van der Waals surface area contributed by atoms with Gasteiger partial charge < -0.3 is 4.57 Å².